The van der Waals surface area contributed by atoms with Crippen LogP contribution in [0.25, 0.3) is 0 Å². The van der Waals surface area contributed by atoms with E-state index in [1.807, 2.05) is 74.5 Å². The van der Waals surface area contributed by atoms with E-state index in [2.05, 4.69) is 20.2 Å². The Labute approximate surface area is 154 Å². The Morgan fingerprint density at radius 2 is 1.04 bits per heavy atom. The number of para-hydroxylation sites is 2. The third-order valence-corrected chi connectivity index (χ3v) is 3.83. The number of hydrogen-bond acceptors (Lipinski definition) is 4. The summed E-state index contributed by atoms with van der Waals surface area (Å²) >= 11 is 0. The minimum atomic E-state index is -0.284. The van der Waals surface area contributed by atoms with Gasteiger partial charge in [0.2, 0.25) is 0 Å². The van der Waals surface area contributed by atoms with Crippen molar-refractivity contribution in [3.63, 3.8) is 0 Å². The van der Waals surface area contributed by atoms with E-state index in [9.17, 15) is 0 Å². The van der Waals surface area contributed by atoms with Crippen molar-refractivity contribution in [3.05, 3.63) is 60.7 Å². The molecule has 0 fully saturated rings. The summed E-state index contributed by atoms with van der Waals surface area (Å²) in [6, 6.07) is 18.6. The Kier molecular flexibility index (Phi) is 7.49. The minimum Gasteiger partial charge on any atom is -0.385 e. The van der Waals surface area contributed by atoms with Crippen LogP contribution in [0.4, 0.5) is 11.4 Å². The zero-order valence-electron chi connectivity index (χ0n) is 15.3. The molecule has 0 heterocycles. The number of rotatable bonds is 8. The van der Waals surface area contributed by atoms with Gasteiger partial charge in [-0.25, -0.2) is 9.98 Å². The van der Waals surface area contributed by atoms with Gasteiger partial charge in [-0.3, -0.25) is 0 Å². The second-order valence-corrected chi connectivity index (χ2v) is 5.82. The van der Waals surface area contributed by atoms with Gasteiger partial charge < -0.3 is 11.5 Å². The van der Waals surface area contributed by atoms with Crippen LogP contribution in [0.1, 0.15) is 26.7 Å². The third kappa shape index (κ3) is 5.81. The van der Waals surface area contributed by atoms with Crippen LogP contribution in [0.2, 0.25) is 0 Å². The number of hydrogen-bond donors (Lipinski definition) is 2. The van der Waals surface area contributed by atoms with Crippen LogP contribution in [0, 0.1) is 0 Å². The molecular weight excluding hydrogens is 324 g/mol. The van der Waals surface area contributed by atoms with Crippen LogP contribution in [0.3, 0.4) is 0 Å². The topological polar surface area (TPSA) is 101 Å². The number of nitrogens with zero attached hydrogens (tertiary/aromatic N) is 4. The van der Waals surface area contributed by atoms with Gasteiger partial charge >= 0.3 is 0 Å². The van der Waals surface area contributed by atoms with Crippen LogP contribution in [0.5, 0.6) is 0 Å². The molecule has 136 valence electrons. The van der Waals surface area contributed by atoms with Crippen LogP contribution < -0.4 is 11.5 Å². The van der Waals surface area contributed by atoms with Gasteiger partial charge in [0.15, 0.2) is 0 Å². The molecule has 2 aromatic rings. The highest BCUT2D eigenvalue weighted by Crippen LogP contribution is 2.14. The Hall–Kier alpha value is -3.02. The molecule has 26 heavy (non-hydrogen) atoms. The molecule has 2 atom stereocenters. The minimum absolute atomic E-state index is 0.284. The van der Waals surface area contributed by atoms with Gasteiger partial charge in [-0.1, -0.05) is 50.2 Å². The van der Waals surface area contributed by atoms with E-state index < -0.39 is 0 Å². The predicted octanol–water partition coefficient (Wildman–Crippen LogP) is 4.37. The lowest BCUT2D eigenvalue weighted by Crippen LogP contribution is -2.29. The first kappa shape index (κ1) is 19.3. The summed E-state index contributed by atoms with van der Waals surface area (Å²) in [4.78, 5) is 8.85. The quantitative estimate of drug-likeness (QED) is 0.419. The van der Waals surface area contributed by atoms with E-state index in [4.69, 9.17) is 11.5 Å². The van der Waals surface area contributed by atoms with Crippen molar-refractivity contribution in [2.45, 2.75) is 38.8 Å². The lowest BCUT2D eigenvalue weighted by atomic mass is 10.2. The van der Waals surface area contributed by atoms with E-state index in [0.717, 1.165) is 11.4 Å². The number of amidine groups is 2. The zero-order valence-corrected chi connectivity index (χ0v) is 15.3. The molecule has 2 aromatic carbocycles. The van der Waals surface area contributed by atoms with Crippen LogP contribution in [0.15, 0.2) is 80.9 Å². The van der Waals surface area contributed by atoms with Gasteiger partial charge in [-0.2, -0.15) is 10.2 Å². The fourth-order valence-corrected chi connectivity index (χ4v) is 2.31. The number of benzene rings is 2. The van der Waals surface area contributed by atoms with E-state index in [-0.39, 0.29) is 12.1 Å². The Balaban J connectivity index is 2.12. The van der Waals surface area contributed by atoms with Crippen molar-refractivity contribution in [1.29, 1.82) is 0 Å². The lowest BCUT2D eigenvalue weighted by Gasteiger charge is -2.12. The van der Waals surface area contributed by atoms with Crippen LogP contribution in [-0.2, 0) is 0 Å². The summed E-state index contributed by atoms with van der Waals surface area (Å²) in [5.41, 5.74) is 13.8. The molecule has 0 radical (unpaired) electrons. The molecule has 6 nitrogen and oxygen atoms in total. The van der Waals surface area contributed by atoms with Crippen molar-refractivity contribution in [1.82, 2.24) is 0 Å². The van der Waals surface area contributed by atoms with Gasteiger partial charge in [0.1, 0.15) is 23.8 Å². The second-order valence-electron chi connectivity index (χ2n) is 5.82. The average Bonchev–Trinajstić information content (AvgIpc) is 2.66. The van der Waals surface area contributed by atoms with Gasteiger partial charge in [-0.05, 0) is 37.1 Å². The fourth-order valence-electron chi connectivity index (χ4n) is 2.31. The maximum absolute atomic E-state index is 6.12. The first-order valence-corrected chi connectivity index (χ1v) is 8.82. The Morgan fingerprint density at radius 1 is 0.692 bits per heavy atom. The Morgan fingerprint density at radius 3 is 1.35 bits per heavy atom. The highest BCUT2D eigenvalue weighted by Gasteiger charge is 2.14. The smallest absolute Gasteiger partial charge is 0.128 e. The summed E-state index contributed by atoms with van der Waals surface area (Å²) in [6.07, 6.45) is 1.41. The molecule has 0 aliphatic carbocycles. The largest absolute Gasteiger partial charge is 0.385 e. The van der Waals surface area contributed by atoms with Crippen LogP contribution in [-0.4, -0.2) is 23.8 Å². The molecule has 0 amide bonds. The van der Waals surface area contributed by atoms with Gasteiger partial charge in [0.25, 0.3) is 0 Å². The SMILES string of the molecule is CCC(N=NC(CC)C(N)=Nc1ccccc1)C(N)=Nc1ccccc1. The zero-order chi connectivity index (χ0) is 18.8. The summed E-state index contributed by atoms with van der Waals surface area (Å²) in [7, 11) is 0. The van der Waals surface area contributed by atoms with Crippen molar-refractivity contribution in [3.8, 4) is 0 Å². The first-order chi connectivity index (χ1) is 12.6. The highest BCUT2D eigenvalue weighted by molar-refractivity contribution is 5.89. The van der Waals surface area contributed by atoms with Gasteiger partial charge in [0, 0.05) is 0 Å². The van der Waals surface area contributed by atoms with Crippen LogP contribution >= 0.6 is 0 Å². The lowest BCUT2D eigenvalue weighted by molar-refractivity contribution is 0.683. The van der Waals surface area contributed by atoms with Crippen molar-refractivity contribution < 1.29 is 0 Å². The molecule has 6 heteroatoms. The van der Waals surface area contributed by atoms with Gasteiger partial charge in [0.05, 0.1) is 11.4 Å². The third-order valence-electron chi connectivity index (χ3n) is 3.83. The van der Waals surface area contributed by atoms with E-state index in [0.29, 0.717) is 24.5 Å². The summed E-state index contributed by atoms with van der Waals surface area (Å²) in [6.45, 7) is 4.00. The normalized spacial score (nSPS) is 15.2. The molecule has 0 saturated carbocycles. The molecule has 0 spiro atoms. The van der Waals surface area contributed by atoms with Gasteiger partial charge in [-0.15, -0.1) is 0 Å². The standard InChI is InChI=1S/C20H26N6/c1-3-17(19(21)23-15-11-7-5-8-12-15)25-26-18(4-2)20(22)24-16-13-9-6-10-14-16/h5-14,17-18H,3-4H2,1-2H3,(H2,21,23)(H2,22,24). The van der Waals surface area contributed by atoms with Crippen molar-refractivity contribution >= 4 is 23.0 Å². The number of aliphatic imine (C=N–C) groups is 2. The van der Waals surface area contributed by atoms with E-state index in [1.165, 1.54) is 0 Å². The van der Waals surface area contributed by atoms with Crippen molar-refractivity contribution in [2.24, 2.45) is 31.7 Å². The average molecular weight is 350 g/mol. The monoisotopic (exact) mass is 350 g/mol. The fraction of sp³-hybridized carbons (Fsp3) is 0.300. The predicted molar refractivity (Wildman–Crippen MR) is 108 cm³/mol. The van der Waals surface area contributed by atoms with E-state index in [1.54, 1.807) is 0 Å². The molecular formula is C20H26N6. The molecule has 2 unspecified atom stereocenters. The number of azo groups is 1. The molecule has 0 bridgehead atoms. The molecule has 4 N–H and O–H groups in total. The Bertz CT molecular complexity index is 687. The molecule has 0 aliphatic rings. The maximum Gasteiger partial charge on any atom is 0.128 e. The second kappa shape index (κ2) is 10.1. The van der Waals surface area contributed by atoms with Crippen molar-refractivity contribution in [2.75, 3.05) is 0 Å². The summed E-state index contributed by atoms with van der Waals surface area (Å²) < 4.78 is 0. The van der Waals surface area contributed by atoms with E-state index >= 15 is 0 Å². The molecule has 0 aromatic heterocycles. The molecule has 2 rings (SSSR count). The molecule has 0 saturated heterocycles. The molecule has 0 aliphatic heterocycles. The first-order valence-electron chi connectivity index (χ1n) is 8.82. The number of nitrogens with two attached hydrogens (primary N) is 2. The summed E-state index contributed by atoms with van der Waals surface area (Å²) in [5.74, 6) is 0.881. The maximum atomic E-state index is 6.12. The summed E-state index contributed by atoms with van der Waals surface area (Å²) in [5, 5.41) is 8.76. The highest BCUT2D eigenvalue weighted by atomic mass is 15.2.